The summed E-state index contributed by atoms with van der Waals surface area (Å²) in [7, 11) is 0. The first-order valence-corrected chi connectivity index (χ1v) is 12.5. The Kier molecular flexibility index (Phi) is 8.28. The highest BCUT2D eigenvalue weighted by molar-refractivity contribution is 5.91. The van der Waals surface area contributed by atoms with Crippen LogP contribution < -0.4 is 21.3 Å². The normalized spacial score (nSPS) is 16.1. The van der Waals surface area contributed by atoms with Crippen molar-refractivity contribution in [3.05, 3.63) is 70.8 Å². The average molecular weight is 493 g/mol. The molecular weight excluding hydrogens is 456 g/mol. The number of fused-ring (bicyclic) bond motifs is 2. The van der Waals surface area contributed by atoms with Crippen LogP contribution in [0.1, 0.15) is 22.3 Å². The van der Waals surface area contributed by atoms with E-state index in [9.17, 15) is 9.59 Å². The predicted octanol–water partition coefficient (Wildman–Crippen LogP) is 2.03. The number of carbonyl (C=O) groups is 2. The third kappa shape index (κ3) is 6.25. The number of rotatable bonds is 10. The van der Waals surface area contributed by atoms with Gasteiger partial charge in [-0.2, -0.15) is 0 Å². The summed E-state index contributed by atoms with van der Waals surface area (Å²) in [6.45, 7) is 7.21. The Morgan fingerprint density at radius 2 is 1.22 bits per heavy atom. The third-order valence-electron chi connectivity index (χ3n) is 6.76. The van der Waals surface area contributed by atoms with Crippen LogP contribution >= 0.6 is 0 Å². The van der Waals surface area contributed by atoms with Gasteiger partial charge in [-0.05, 0) is 61.1 Å². The van der Waals surface area contributed by atoms with Crippen LogP contribution in [0.3, 0.4) is 0 Å². The van der Waals surface area contributed by atoms with Crippen molar-refractivity contribution in [3.8, 4) is 0 Å². The van der Waals surface area contributed by atoms with Gasteiger partial charge >= 0.3 is 11.9 Å². The van der Waals surface area contributed by atoms with Crippen molar-refractivity contribution in [2.24, 2.45) is 11.5 Å². The molecule has 2 aliphatic heterocycles. The van der Waals surface area contributed by atoms with Crippen LogP contribution in [0.4, 0.5) is 11.4 Å². The molecular formula is C28H36N4O4. The molecule has 0 saturated heterocycles. The van der Waals surface area contributed by atoms with E-state index in [1.165, 1.54) is 22.3 Å². The van der Waals surface area contributed by atoms with Crippen LogP contribution in [0, 0.1) is 13.8 Å². The van der Waals surface area contributed by atoms with Crippen molar-refractivity contribution in [1.29, 1.82) is 0 Å². The average Bonchev–Trinajstić information content (AvgIpc) is 3.45. The molecule has 4 rings (SSSR count). The van der Waals surface area contributed by atoms with Crippen molar-refractivity contribution >= 4 is 23.3 Å². The molecule has 2 unspecified atom stereocenters. The number of ether oxygens (including phenoxy) is 2. The standard InChI is InChI=1S/C28H36N4O4/c1-19-3-5-21-9-11-31(25(21)13-19)17-23(15-29)35-27(33)7-8-28(34)36-24(16-30)18-32-12-10-22-6-4-20(2)14-26(22)32/h3-8,13-14,23-24H,9-12,15-18,29-30H2,1-2H3/b8-7+. The van der Waals surface area contributed by atoms with E-state index in [0.29, 0.717) is 13.1 Å². The fraction of sp³-hybridized carbons (Fsp3) is 0.429. The first-order valence-electron chi connectivity index (χ1n) is 12.5. The lowest BCUT2D eigenvalue weighted by Gasteiger charge is -2.25. The number of hydrogen-bond acceptors (Lipinski definition) is 8. The Morgan fingerprint density at radius 1 is 0.806 bits per heavy atom. The zero-order chi connectivity index (χ0) is 25.7. The number of nitrogens with two attached hydrogens (primary N) is 2. The first-order chi connectivity index (χ1) is 17.4. The molecule has 0 bridgehead atoms. The number of hydrogen-bond donors (Lipinski definition) is 2. The summed E-state index contributed by atoms with van der Waals surface area (Å²) in [5.41, 5.74) is 19.0. The molecule has 0 amide bonds. The Bertz CT molecular complexity index is 1050. The van der Waals surface area contributed by atoms with Crippen molar-refractivity contribution < 1.29 is 19.1 Å². The van der Waals surface area contributed by atoms with E-state index in [4.69, 9.17) is 20.9 Å². The van der Waals surface area contributed by atoms with E-state index < -0.39 is 24.1 Å². The third-order valence-corrected chi connectivity index (χ3v) is 6.76. The van der Waals surface area contributed by atoms with Gasteiger partial charge in [0.25, 0.3) is 0 Å². The van der Waals surface area contributed by atoms with Crippen LogP contribution in [0.15, 0.2) is 48.6 Å². The van der Waals surface area contributed by atoms with E-state index in [2.05, 4.69) is 60.0 Å². The number of esters is 2. The second-order valence-electron chi connectivity index (χ2n) is 9.58. The molecule has 192 valence electrons. The zero-order valence-corrected chi connectivity index (χ0v) is 21.1. The van der Waals surface area contributed by atoms with Gasteiger partial charge in [0.1, 0.15) is 12.2 Å². The number of aryl methyl sites for hydroxylation is 2. The maximum Gasteiger partial charge on any atom is 0.331 e. The minimum Gasteiger partial charge on any atom is -0.456 e. The fourth-order valence-electron chi connectivity index (χ4n) is 4.84. The van der Waals surface area contributed by atoms with Crippen molar-refractivity contribution in [2.45, 2.75) is 38.9 Å². The SMILES string of the molecule is Cc1ccc2c(c1)N(CC(CN)OC(=O)/C=C/C(=O)OC(CN)CN1CCc3ccc(C)cc31)CC2. The second-order valence-corrected chi connectivity index (χ2v) is 9.58. The van der Waals surface area contributed by atoms with Gasteiger partial charge in [-0.25, -0.2) is 9.59 Å². The van der Waals surface area contributed by atoms with Gasteiger partial charge in [-0.3, -0.25) is 0 Å². The Balaban J connectivity index is 1.27. The molecule has 2 heterocycles. The van der Waals surface area contributed by atoms with Crippen molar-refractivity contribution in [1.82, 2.24) is 0 Å². The van der Waals surface area contributed by atoms with Gasteiger partial charge in [0, 0.05) is 49.7 Å². The lowest BCUT2D eigenvalue weighted by molar-refractivity contribution is -0.145. The fourth-order valence-corrected chi connectivity index (χ4v) is 4.84. The molecule has 0 aliphatic carbocycles. The molecule has 2 aromatic rings. The maximum atomic E-state index is 12.4. The monoisotopic (exact) mass is 492 g/mol. The molecule has 36 heavy (non-hydrogen) atoms. The molecule has 0 radical (unpaired) electrons. The van der Waals surface area contributed by atoms with Gasteiger partial charge in [-0.1, -0.05) is 24.3 Å². The van der Waals surface area contributed by atoms with E-state index in [1.807, 2.05) is 0 Å². The van der Waals surface area contributed by atoms with E-state index in [0.717, 1.165) is 49.5 Å². The van der Waals surface area contributed by atoms with Crippen LogP contribution in [-0.4, -0.2) is 63.4 Å². The molecule has 4 N–H and O–H groups in total. The van der Waals surface area contributed by atoms with Crippen LogP contribution in [0.5, 0.6) is 0 Å². The smallest absolute Gasteiger partial charge is 0.331 e. The Hall–Kier alpha value is -3.36. The molecule has 2 atom stereocenters. The van der Waals surface area contributed by atoms with Crippen LogP contribution in [0.25, 0.3) is 0 Å². The van der Waals surface area contributed by atoms with Crippen molar-refractivity contribution in [2.75, 3.05) is 49.1 Å². The summed E-state index contributed by atoms with van der Waals surface area (Å²) in [6, 6.07) is 12.8. The van der Waals surface area contributed by atoms with E-state index in [1.54, 1.807) is 0 Å². The number of anilines is 2. The lowest BCUT2D eigenvalue weighted by atomic mass is 10.1. The summed E-state index contributed by atoms with van der Waals surface area (Å²) >= 11 is 0. The van der Waals surface area contributed by atoms with E-state index >= 15 is 0 Å². The topological polar surface area (TPSA) is 111 Å². The highest BCUT2D eigenvalue weighted by Crippen LogP contribution is 2.30. The minimum atomic E-state index is -0.626. The number of nitrogens with zero attached hydrogens (tertiary/aromatic N) is 2. The largest absolute Gasteiger partial charge is 0.456 e. The van der Waals surface area contributed by atoms with Gasteiger partial charge < -0.3 is 30.7 Å². The van der Waals surface area contributed by atoms with Crippen molar-refractivity contribution in [3.63, 3.8) is 0 Å². The van der Waals surface area contributed by atoms with E-state index in [-0.39, 0.29) is 13.1 Å². The highest BCUT2D eigenvalue weighted by Gasteiger charge is 2.25. The molecule has 2 aliphatic rings. The molecule has 2 aromatic carbocycles. The molecule has 0 aromatic heterocycles. The molecule has 8 nitrogen and oxygen atoms in total. The lowest BCUT2D eigenvalue weighted by Crippen LogP contribution is -2.39. The molecule has 0 spiro atoms. The summed E-state index contributed by atoms with van der Waals surface area (Å²) in [5, 5.41) is 0. The molecule has 8 heteroatoms. The predicted molar refractivity (Wildman–Crippen MR) is 141 cm³/mol. The summed E-state index contributed by atoms with van der Waals surface area (Å²) < 4.78 is 11.0. The maximum absolute atomic E-state index is 12.4. The van der Waals surface area contributed by atoms with Gasteiger partial charge in [0.15, 0.2) is 0 Å². The number of benzene rings is 2. The minimum absolute atomic E-state index is 0.188. The molecule has 0 fully saturated rings. The number of carbonyl (C=O) groups excluding carboxylic acids is 2. The van der Waals surface area contributed by atoms with Gasteiger partial charge in [0.05, 0.1) is 13.1 Å². The summed E-state index contributed by atoms with van der Waals surface area (Å²) in [5.74, 6) is -1.25. The summed E-state index contributed by atoms with van der Waals surface area (Å²) in [4.78, 5) is 29.1. The summed E-state index contributed by atoms with van der Waals surface area (Å²) in [6.07, 6.45) is 3.12. The first kappa shape index (κ1) is 25.7. The second kappa shape index (κ2) is 11.6. The van der Waals surface area contributed by atoms with Gasteiger partial charge in [0.2, 0.25) is 0 Å². The molecule has 0 saturated carbocycles. The van der Waals surface area contributed by atoms with Gasteiger partial charge in [-0.15, -0.1) is 0 Å². The Labute approximate surface area is 212 Å². The highest BCUT2D eigenvalue weighted by atomic mass is 16.5. The van der Waals surface area contributed by atoms with Crippen LogP contribution in [-0.2, 0) is 31.9 Å². The Morgan fingerprint density at radius 3 is 1.61 bits per heavy atom. The van der Waals surface area contributed by atoms with Crippen LogP contribution in [0.2, 0.25) is 0 Å². The zero-order valence-electron chi connectivity index (χ0n) is 21.1. The quantitative estimate of drug-likeness (QED) is 0.383.